The molecule has 3 aromatic rings. The second-order valence-corrected chi connectivity index (χ2v) is 13.9. The number of esters is 1. The van der Waals surface area contributed by atoms with Crippen molar-refractivity contribution in [3.05, 3.63) is 41.6 Å². The van der Waals surface area contributed by atoms with Crippen LogP contribution in [0, 0.1) is 5.92 Å². The Morgan fingerprint density at radius 1 is 1.07 bits per heavy atom. The summed E-state index contributed by atoms with van der Waals surface area (Å²) in [5.74, 6) is -1.46. The van der Waals surface area contributed by atoms with Crippen LogP contribution in [-0.2, 0) is 28.8 Å². The van der Waals surface area contributed by atoms with Crippen molar-refractivity contribution in [2.24, 2.45) is 5.92 Å². The van der Waals surface area contributed by atoms with Crippen molar-refractivity contribution in [1.29, 1.82) is 0 Å². The molecule has 46 heavy (non-hydrogen) atoms. The fraction of sp³-hybridized carbons (Fsp3) is 0.500. The molecular weight excluding hydrogens is 642 g/mol. The number of carbonyl (C=O) groups is 3. The van der Waals surface area contributed by atoms with Gasteiger partial charge >= 0.3 is 18.2 Å². The number of amides is 2. The van der Waals surface area contributed by atoms with Gasteiger partial charge in [0.2, 0.25) is 6.29 Å². The number of alkyl carbamates (subject to hydrolysis) is 1. The summed E-state index contributed by atoms with van der Waals surface area (Å²) >= 11 is 6.07. The number of pyridine rings is 1. The van der Waals surface area contributed by atoms with Crippen LogP contribution in [0.15, 0.2) is 41.4 Å². The van der Waals surface area contributed by atoms with Crippen molar-refractivity contribution in [1.82, 2.24) is 19.9 Å². The van der Waals surface area contributed by atoms with Crippen LogP contribution >= 0.6 is 11.6 Å². The van der Waals surface area contributed by atoms with Gasteiger partial charge in [-0.05, 0) is 51.0 Å². The van der Waals surface area contributed by atoms with Crippen LogP contribution in [0.4, 0.5) is 21.2 Å². The third-order valence-electron chi connectivity index (χ3n) is 5.63. The zero-order chi connectivity index (χ0) is 35.0. The van der Waals surface area contributed by atoms with Crippen molar-refractivity contribution in [3.63, 3.8) is 0 Å². The van der Waals surface area contributed by atoms with E-state index in [1.54, 1.807) is 46.8 Å². The summed E-state index contributed by atoms with van der Waals surface area (Å²) in [6.45, 7) is 14.0. The molecule has 3 rings (SSSR count). The second-order valence-electron chi connectivity index (χ2n) is 11.5. The third kappa shape index (κ3) is 10.8. The topological polar surface area (TPSA) is 168 Å². The first-order valence-electron chi connectivity index (χ1n) is 14.4. The molecule has 0 aliphatic carbocycles. The first-order chi connectivity index (χ1) is 21.3. The van der Waals surface area contributed by atoms with Crippen LogP contribution in [0.3, 0.4) is 0 Å². The maximum Gasteiger partial charge on any atom is 0.424 e. The van der Waals surface area contributed by atoms with Crippen molar-refractivity contribution in [2.45, 2.75) is 84.6 Å². The predicted octanol–water partition coefficient (Wildman–Crippen LogP) is 5.92. The molecule has 0 saturated carbocycles. The first kappa shape index (κ1) is 38.1. The molecule has 1 aromatic carbocycles. The number of carbonyl (C=O) groups excluding carboxylic acids is 3. The lowest BCUT2D eigenvalue weighted by Gasteiger charge is -2.26. The van der Waals surface area contributed by atoms with E-state index in [9.17, 15) is 22.8 Å². The van der Waals surface area contributed by atoms with Gasteiger partial charge in [-0.25, -0.2) is 32.2 Å². The fourth-order valence-electron chi connectivity index (χ4n) is 3.69. The number of nitrogens with zero attached hydrogens (tertiary/aromatic N) is 4. The molecule has 2 amide bonds. The highest BCUT2D eigenvalue weighted by molar-refractivity contribution is 7.90. The van der Waals surface area contributed by atoms with E-state index >= 15 is 0 Å². The molecular formula is C30H42ClN5O9S. The van der Waals surface area contributed by atoms with Gasteiger partial charge in [-0.15, -0.1) is 5.10 Å². The van der Waals surface area contributed by atoms with Gasteiger partial charge in [0.25, 0.3) is 5.95 Å². The van der Waals surface area contributed by atoms with Gasteiger partial charge in [0.05, 0.1) is 22.7 Å². The van der Waals surface area contributed by atoms with Crippen molar-refractivity contribution >= 4 is 56.9 Å². The average Bonchev–Trinajstić information content (AvgIpc) is 3.33. The van der Waals surface area contributed by atoms with Gasteiger partial charge in [0, 0.05) is 25.4 Å². The molecule has 2 unspecified atom stereocenters. The monoisotopic (exact) mass is 683 g/mol. The van der Waals surface area contributed by atoms with E-state index in [4.69, 9.17) is 30.5 Å². The lowest BCUT2D eigenvalue weighted by atomic mass is 10.1. The Morgan fingerprint density at radius 3 is 2.24 bits per heavy atom. The van der Waals surface area contributed by atoms with Gasteiger partial charge in [0.15, 0.2) is 15.5 Å². The molecule has 16 heteroatoms. The summed E-state index contributed by atoms with van der Waals surface area (Å²) < 4.78 is 47.0. The zero-order valence-corrected chi connectivity index (χ0v) is 29.2. The molecule has 1 N–H and O–H groups in total. The highest BCUT2D eigenvalue weighted by Crippen LogP contribution is 2.35. The normalized spacial score (nSPS) is 12.8. The molecule has 2 aromatic heterocycles. The number of nitrogens with one attached hydrogen (secondary N) is 1. The number of ether oxygens (including phenoxy) is 4. The van der Waals surface area contributed by atoms with Gasteiger partial charge < -0.3 is 24.3 Å². The predicted molar refractivity (Wildman–Crippen MR) is 172 cm³/mol. The van der Waals surface area contributed by atoms with Crippen LogP contribution in [0.25, 0.3) is 5.65 Å². The molecule has 0 aliphatic heterocycles. The van der Waals surface area contributed by atoms with Gasteiger partial charge in [0.1, 0.15) is 17.4 Å². The minimum atomic E-state index is -3.62. The van der Waals surface area contributed by atoms with Crippen molar-refractivity contribution in [3.8, 4) is 5.75 Å². The molecule has 254 valence electrons. The molecule has 0 saturated heterocycles. The molecule has 0 bridgehead atoms. The fourth-order valence-corrected chi connectivity index (χ4v) is 4.48. The van der Waals surface area contributed by atoms with E-state index < -0.39 is 51.8 Å². The van der Waals surface area contributed by atoms with E-state index in [1.165, 1.54) is 49.4 Å². The molecule has 0 radical (unpaired) electrons. The summed E-state index contributed by atoms with van der Waals surface area (Å²) in [5, 5.41) is 7.13. The van der Waals surface area contributed by atoms with Gasteiger partial charge in [-0.1, -0.05) is 45.7 Å². The van der Waals surface area contributed by atoms with E-state index in [0.717, 1.165) is 11.2 Å². The Bertz CT molecular complexity index is 1640. The van der Waals surface area contributed by atoms with Crippen molar-refractivity contribution in [2.75, 3.05) is 18.3 Å². The number of sulfone groups is 1. The lowest BCUT2D eigenvalue weighted by molar-refractivity contribution is -0.168. The Balaban J connectivity index is 0.00000236. The number of fused-ring (bicyclic) bond motifs is 1. The smallest absolute Gasteiger partial charge is 0.424 e. The Labute approximate surface area is 274 Å². The number of hydrogen-bond donors (Lipinski definition) is 1. The Morgan fingerprint density at radius 2 is 1.70 bits per heavy atom. The molecule has 2 atom stereocenters. The zero-order valence-electron chi connectivity index (χ0n) is 27.7. The Hall–Kier alpha value is -4.11. The van der Waals surface area contributed by atoms with E-state index in [-0.39, 0.29) is 22.3 Å². The molecule has 2 heterocycles. The molecule has 0 aliphatic rings. The summed E-state index contributed by atoms with van der Waals surface area (Å²) in [5.41, 5.74) is -0.428. The van der Waals surface area contributed by atoms with E-state index in [2.05, 4.69) is 29.2 Å². The number of rotatable bonds is 9. The molecule has 0 spiro atoms. The van der Waals surface area contributed by atoms with Gasteiger partial charge in [-0.3, -0.25) is 0 Å². The lowest BCUT2D eigenvalue weighted by Crippen LogP contribution is -2.48. The summed E-state index contributed by atoms with van der Waals surface area (Å²) in [6, 6.07) is 5.87. The summed E-state index contributed by atoms with van der Waals surface area (Å²) in [6.07, 6.45) is 0.390. The standard InChI is InChI=1S/C27H34ClN5O9S.C3H8/c1-15(2)22(30-25(35)42-27(4,5)6)23(34)40-16(3)41-26(36)33(24-29-21-12-9-17(28)14-32(21)31-24)19-11-10-18(43(8,37)38)13-20(19)39-7;1-3-2/h9-16,22H,1-8H3,(H,30,35);3H2,1-2H3. The van der Waals surface area contributed by atoms with Crippen molar-refractivity contribution < 1.29 is 41.7 Å². The molecule has 14 nitrogen and oxygen atoms in total. The largest absolute Gasteiger partial charge is 0.495 e. The van der Waals surface area contributed by atoms with Crippen LogP contribution < -0.4 is 15.0 Å². The average molecular weight is 684 g/mol. The minimum Gasteiger partial charge on any atom is -0.495 e. The van der Waals surface area contributed by atoms with Crippen LogP contribution in [-0.4, -0.2) is 72.5 Å². The highest BCUT2D eigenvalue weighted by atomic mass is 35.5. The van der Waals surface area contributed by atoms with Gasteiger partial charge in [-0.2, -0.15) is 4.98 Å². The van der Waals surface area contributed by atoms with E-state index in [1.807, 2.05) is 0 Å². The summed E-state index contributed by atoms with van der Waals surface area (Å²) in [4.78, 5) is 44.1. The minimum absolute atomic E-state index is 0.0113. The maximum absolute atomic E-state index is 13.6. The highest BCUT2D eigenvalue weighted by Gasteiger charge is 2.33. The SMILES string of the molecule is CCC.COc1cc(S(C)(=O)=O)ccc1N(C(=O)OC(C)OC(=O)C(NC(=O)OC(C)(C)C)C(C)C)c1nc2ccc(Cl)cn2n1. The maximum atomic E-state index is 13.6. The van der Waals surface area contributed by atoms with Crippen LogP contribution in [0.5, 0.6) is 5.75 Å². The third-order valence-corrected chi connectivity index (χ3v) is 6.96. The summed E-state index contributed by atoms with van der Waals surface area (Å²) in [7, 11) is -2.32. The first-order valence-corrected chi connectivity index (χ1v) is 16.7. The van der Waals surface area contributed by atoms with Crippen LogP contribution in [0.2, 0.25) is 5.02 Å². The number of benzene rings is 1. The number of methoxy groups -OCH3 is 1. The quantitative estimate of drug-likeness (QED) is 0.210. The second kappa shape index (κ2) is 15.9. The number of anilines is 2. The van der Waals surface area contributed by atoms with Crippen LogP contribution in [0.1, 0.15) is 61.8 Å². The Kier molecular flexibility index (Phi) is 13.2. The molecule has 0 fully saturated rings. The number of halogens is 1. The van der Waals surface area contributed by atoms with E-state index in [0.29, 0.717) is 10.7 Å². The number of hydrogen-bond acceptors (Lipinski definition) is 11. The number of aromatic nitrogens is 3.